The van der Waals surface area contributed by atoms with Crippen LogP contribution in [0, 0.1) is 6.92 Å². The van der Waals surface area contributed by atoms with Crippen LogP contribution in [0.3, 0.4) is 0 Å². The summed E-state index contributed by atoms with van der Waals surface area (Å²) in [5.74, 6) is 0.140. The minimum Gasteiger partial charge on any atom is -0.496 e. The zero-order chi connectivity index (χ0) is 11.0. The molecule has 0 radical (unpaired) electrons. The molecular formula is C12H10O3. The van der Waals surface area contributed by atoms with Crippen LogP contribution in [0.1, 0.15) is 26.3 Å². The fraction of sp³-hybridized carbons (Fsp3) is 0.167. The number of ether oxygens (including phenoxy) is 1. The largest absolute Gasteiger partial charge is 0.496 e. The van der Waals surface area contributed by atoms with E-state index in [1.54, 1.807) is 12.1 Å². The Kier molecular flexibility index (Phi) is 2.15. The number of allylic oxidation sites excluding steroid dienone is 2. The van der Waals surface area contributed by atoms with E-state index in [0.717, 1.165) is 5.56 Å². The number of carbonyl (C=O) groups excluding carboxylic acids is 2. The van der Waals surface area contributed by atoms with Crippen LogP contribution in [0.15, 0.2) is 24.3 Å². The number of carbonyl (C=O) groups is 2. The molecule has 0 N–H and O–H groups in total. The van der Waals surface area contributed by atoms with Crippen LogP contribution in [0.5, 0.6) is 5.75 Å². The average Bonchev–Trinajstić information content (AvgIpc) is 2.22. The van der Waals surface area contributed by atoms with E-state index in [0.29, 0.717) is 16.9 Å². The first kappa shape index (κ1) is 9.65. The Morgan fingerprint density at radius 2 is 1.73 bits per heavy atom. The predicted octanol–water partition coefficient (Wildman–Crippen LogP) is 1.94. The SMILES string of the molecule is COc1cc(C)cc2c1C(=O)C=CC2=O. The summed E-state index contributed by atoms with van der Waals surface area (Å²) in [5, 5.41) is 0. The third-order valence-corrected chi connectivity index (χ3v) is 2.36. The molecule has 0 aromatic heterocycles. The van der Waals surface area contributed by atoms with Gasteiger partial charge in [0.25, 0.3) is 0 Å². The van der Waals surface area contributed by atoms with Gasteiger partial charge in [-0.3, -0.25) is 9.59 Å². The standard InChI is InChI=1S/C12H10O3/c1-7-5-8-9(13)3-4-10(14)12(8)11(6-7)15-2/h3-6H,1-2H3. The highest BCUT2D eigenvalue weighted by Gasteiger charge is 2.23. The highest BCUT2D eigenvalue weighted by Crippen LogP contribution is 2.28. The molecule has 0 fully saturated rings. The minimum absolute atomic E-state index is 0.147. The summed E-state index contributed by atoms with van der Waals surface area (Å²) < 4.78 is 5.11. The molecule has 0 saturated heterocycles. The fourth-order valence-electron chi connectivity index (χ4n) is 1.69. The maximum Gasteiger partial charge on any atom is 0.190 e. The summed E-state index contributed by atoms with van der Waals surface area (Å²) in [6.07, 6.45) is 2.58. The van der Waals surface area contributed by atoms with E-state index in [4.69, 9.17) is 4.74 Å². The number of rotatable bonds is 1. The lowest BCUT2D eigenvalue weighted by Gasteiger charge is -2.13. The van der Waals surface area contributed by atoms with Crippen molar-refractivity contribution in [3.05, 3.63) is 41.0 Å². The van der Waals surface area contributed by atoms with Crippen LogP contribution in [-0.4, -0.2) is 18.7 Å². The van der Waals surface area contributed by atoms with Gasteiger partial charge in [0.15, 0.2) is 11.6 Å². The summed E-state index contributed by atoms with van der Waals surface area (Å²) in [7, 11) is 1.49. The summed E-state index contributed by atoms with van der Waals surface area (Å²) in [6, 6.07) is 3.46. The molecule has 0 bridgehead atoms. The minimum atomic E-state index is -0.179. The van der Waals surface area contributed by atoms with Crippen molar-refractivity contribution in [3.8, 4) is 5.75 Å². The Morgan fingerprint density at radius 3 is 2.40 bits per heavy atom. The summed E-state index contributed by atoms with van der Waals surface area (Å²) >= 11 is 0. The van der Waals surface area contributed by atoms with E-state index in [1.807, 2.05) is 6.92 Å². The Hall–Kier alpha value is -1.90. The van der Waals surface area contributed by atoms with E-state index in [2.05, 4.69) is 0 Å². The van der Waals surface area contributed by atoms with Gasteiger partial charge in [-0.05, 0) is 36.8 Å². The van der Waals surface area contributed by atoms with Crippen LogP contribution in [0.25, 0.3) is 0 Å². The van der Waals surface area contributed by atoms with Crippen LogP contribution in [0.4, 0.5) is 0 Å². The molecule has 1 aromatic rings. The van der Waals surface area contributed by atoms with Gasteiger partial charge in [0.1, 0.15) is 5.75 Å². The third-order valence-electron chi connectivity index (χ3n) is 2.36. The van der Waals surface area contributed by atoms with Crippen LogP contribution in [0.2, 0.25) is 0 Å². The van der Waals surface area contributed by atoms with Gasteiger partial charge in [0.05, 0.1) is 12.7 Å². The lowest BCUT2D eigenvalue weighted by molar-refractivity contribution is 0.0991. The molecule has 1 aromatic carbocycles. The zero-order valence-electron chi connectivity index (χ0n) is 8.53. The van der Waals surface area contributed by atoms with E-state index < -0.39 is 0 Å². The number of fused-ring (bicyclic) bond motifs is 1. The van der Waals surface area contributed by atoms with Gasteiger partial charge < -0.3 is 4.74 Å². The highest BCUT2D eigenvalue weighted by atomic mass is 16.5. The van der Waals surface area contributed by atoms with Crippen molar-refractivity contribution in [2.24, 2.45) is 0 Å². The van der Waals surface area contributed by atoms with Gasteiger partial charge in [-0.2, -0.15) is 0 Å². The second-order valence-electron chi connectivity index (χ2n) is 3.45. The van der Waals surface area contributed by atoms with Gasteiger partial charge >= 0.3 is 0 Å². The van der Waals surface area contributed by atoms with Crippen molar-refractivity contribution in [1.29, 1.82) is 0 Å². The molecule has 0 atom stereocenters. The van der Waals surface area contributed by atoms with E-state index in [-0.39, 0.29) is 11.6 Å². The Labute approximate surface area is 87.4 Å². The van der Waals surface area contributed by atoms with Crippen LogP contribution < -0.4 is 4.74 Å². The molecule has 0 heterocycles. The second-order valence-corrected chi connectivity index (χ2v) is 3.45. The van der Waals surface area contributed by atoms with Gasteiger partial charge in [0, 0.05) is 5.56 Å². The maximum absolute atomic E-state index is 11.6. The first-order valence-electron chi connectivity index (χ1n) is 4.59. The summed E-state index contributed by atoms with van der Waals surface area (Å²) in [5.41, 5.74) is 1.71. The third kappa shape index (κ3) is 1.46. The van der Waals surface area contributed by atoms with Gasteiger partial charge in [-0.15, -0.1) is 0 Å². The lowest BCUT2D eigenvalue weighted by Crippen LogP contribution is -2.13. The van der Waals surface area contributed by atoms with Crippen molar-refractivity contribution in [2.45, 2.75) is 6.92 Å². The molecule has 0 saturated carbocycles. The number of benzene rings is 1. The normalized spacial score (nSPS) is 14.0. The predicted molar refractivity (Wildman–Crippen MR) is 55.5 cm³/mol. The molecule has 15 heavy (non-hydrogen) atoms. The topological polar surface area (TPSA) is 43.4 Å². The second kappa shape index (κ2) is 3.35. The van der Waals surface area contributed by atoms with Crippen LogP contribution >= 0.6 is 0 Å². The first-order chi connectivity index (χ1) is 7.13. The van der Waals surface area contributed by atoms with Crippen molar-refractivity contribution < 1.29 is 14.3 Å². The number of ketones is 2. The molecule has 1 aliphatic rings. The van der Waals surface area contributed by atoms with Crippen molar-refractivity contribution in [2.75, 3.05) is 7.11 Å². The van der Waals surface area contributed by atoms with E-state index in [1.165, 1.54) is 19.3 Å². The summed E-state index contributed by atoms with van der Waals surface area (Å²) in [6.45, 7) is 1.86. The number of aryl methyl sites for hydroxylation is 1. The molecule has 0 amide bonds. The zero-order valence-corrected chi connectivity index (χ0v) is 8.53. The Balaban J connectivity index is 2.75. The van der Waals surface area contributed by atoms with Gasteiger partial charge in [-0.25, -0.2) is 0 Å². The van der Waals surface area contributed by atoms with Crippen molar-refractivity contribution >= 4 is 11.6 Å². The lowest BCUT2D eigenvalue weighted by atomic mass is 9.92. The average molecular weight is 202 g/mol. The summed E-state index contributed by atoms with van der Waals surface area (Å²) in [4.78, 5) is 23.2. The molecule has 2 rings (SSSR count). The van der Waals surface area contributed by atoms with Crippen molar-refractivity contribution in [3.63, 3.8) is 0 Å². The van der Waals surface area contributed by atoms with Crippen molar-refractivity contribution in [1.82, 2.24) is 0 Å². The van der Waals surface area contributed by atoms with Crippen LogP contribution in [-0.2, 0) is 0 Å². The molecule has 0 aliphatic heterocycles. The number of hydrogen-bond acceptors (Lipinski definition) is 3. The highest BCUT2D eigenvalue weighted by molar-refractivity contribution is 6.23. The van der Waals surface area contributed by atoms with E-state index in [9.17, 15) is 9.59 Å². The first-order valence-corrected chi connectivity index (χ1v) is 4.59. The smallest absolute Gasteiger partial charge is 0.190 e. The van der Waals surface area contributed by atoms with Gasteiger partial charge in [-0.1, -0.05) is 0 Å². The Bertz CT molecular complexity index is 484. The monoisotopic (exact) mass is 202 g/mol. The molecule has 1 aliphatic carbocycles. The molecule has 0 spiro atoms. The fourth-order valence-corrected chi connectivity index (χ4v) is 1.69. The molecule has 76 valence electrons. The molecule has 3 heteroatoms. The van der Waals surface area contributed by atoms with E-state index >= 15 is 0 Å². The molecular weight excluding hydrogens is 192 g/mol. The quantitative estimate of drug-likeness (QED) is 0.699. The molecule has 3 nitrogen and oxygen atoms in total. The maximum atomic E-state index is 11.6. The Morgan fingerprint density at radius 1 is 1.07 bits per heavy atom. The molecule has 0 unspecified atom stereocenters. The van der Waals surface area contributed by atoms with Gasteiger partial charge in [0.2, 0.25) is 0 Å². The number of methoxy groups -OCH3 is 1. The number of hydrogen-bond donors (Lipinski definition) is 0.